The van der Waals surface area contributed by atoms with Gasteiger partial charge < -0.3 is 10.5 Å². The minimum atomic E-state index is -0.102. The van der Waals surface area contributed by atoms with Crippen molar-refractivity contribution in [3.63, 3.8) is 0 Å². The minimum absolute atomic E-state index is 0.0327. The Labute approximate surface area is 103 Å². The molecule has 1 aromatic heterocycles. The van der Waals surface area contributed by atoms with Crippen LogP contribution in [0.15, 0.2) is 0 Å². The second-order valence-electron chi connectivity index (χ2n) is 5.24. The maximum atomic E-state index is 5.52. The van der Waals surface area contributed by atoms with Gasteiger partial charge >= 0.3 is 0 Å². The van der Waals surface area contributed by atoms with Gasteiger partial charge in [0.2, 0.25) is 0 Å². The second-order valence-corrected chi connectivity index (χ2v) is 5.24. The number of hydrogen-bond donors (Lipinski definition) is 1. The highest BCUT2D eigenvalue weighted by Gasteiger charge is 2.30. The van der Waals surface area contributed by atoms with Gasteiger partial charge in [-0.3, -0.25) is 0 Å². The average Bonchev–Trinajstić information content (AvgIpc) is 2.66. The van der Waals surface area contributed by atoms with Crippen molar-refractivity contribution in [2.24, 2.45) is 11.1 Å². The third kappa shape index (κ3) is 3.74. The molecule has 6 nitrogen and oxygen atoms in total. The number of aromatic nitrogens is 4. The molecule has 0 saturated heterocycles. The number of rotatable bonds is 6. The summed E-state index contributed by atoms with van der Waals surface area (Å²) >= 11 is 0. The van der Waals surface area contributed by atoms with E-state index in [2.05, 4.69) is 36.3 Å². The van der Waals surface area contributed by atoms with Crippen molar-refractivity contribution in [2.45, 2.75) is 46.3 Å². The van der Waals surface area contributed by atoms with E-state index in [0.717, 1.165) is 25.2 Å². The molecule has 6 heteroatoms. The Kier molecular flexibility index (Phi) is 5.02. The van der Waals surface area contributed by atoms with E-state index in [1.54, 1.807) is 7.11 Å². The second kappa shape index (κ2) is 6.07. The van der Waals surface area contributed by atoms with E-state index in [1.807, 2.05) is 4.68 Å². The van der Waals surface area contributed by atoms with Crippen molar-refractivity contribution in [1.29, 1.82) is 0 Å². The van der Waals surface area contributed by atoms with Crippen molar-refractivity contribution >= 4 is 0 Å². The van der Waals surface area contributed by atoms with Gasteiger partial charge in [-0.2, -0.15) is 0 Å². The smallest absolute Gasteiger partial charge is 0.180 e. The third-order valence-electron chi connectivity index (χ3n) is 2.64. The molecule has 0 aromatic carbocycles. The average molecular weight is 241 g/mol. The Bertz CT molecular complexity index is 331. The Hall–Kier alpha value is -1.01. The topological polar surface area (TPSA) is 78.9 Å². The van der Waals surface area contributed by atoms with Crippen LogP contribution >= 0.6 is 0 Å². The molecule has 0 saturated carbocycles. The molecule has 0 radical (unpaired) electrons. The molecular formula is C11H23N5O. The van der Waals surface area contributed by atoms with E-state index < -0.39 is 0 Å². The van der Waals surface area contributed by atoms with E-state index in [0.29, 0.717) is 6.54 Å². The predicted octanol–water partition coefficient (Wildman–Crippen LogP) is 1.15. The molecule has 2 N–H and O–H groups in total. The molecule has 0 fully saturated rings. The fraction of sp³-hybridized carbons (Fsp3) is 0.909. The zero-order chi connectivity index (χ0) is 12.9. The van der Waals surface area contributed by atoms with Crippen LogP contribution in [0.25, 0.3) is 0 Å². The van der Waals surface area contributed by atoms with Crippen molar-refractivity contribution in [3.8, 4) is 0 Å². The summed E-state index contributed by atoms with van der Waals surface area (Å²) in [6.45, 7) is 7.82. The van der Waals surface area contributed by atoms with Gasteiger partial charge in [0.05, 0.1) is 0 Å². The highest BCUT2D eigenvalue weighted by atomic mass is 16.5. The van der Waals surface area contributed by atoms with Crippen LogP contribution in [0.1, 0.15) is 45.5 Å². The van der Waals surface area contributed by atoms with Gasteiger partial charge in [0, 0.05) is 13.7 Å². The summed E-state index contributed by atoms with van der Waals surface area (Å²) in [5, 5.41) is 11.8. The van der Waals surface area contributed by atoms with Crippen molar-refractivity contribution in [3.05, 3.63) is 5.82 Å². The van der Waals surface area contributed by atoms with Crippen LogP contribution in [-0.4, -0.2) is 33.9 Å². The molecular weight excluding hydrogens is 218 g/mol. The Morgan fingerprint density at radius 1 is 1.35 bits per heavy atom. The van der Waals surface area contributed by atoms with Crippen LogP contribution in [0.2, 0.25) is 0 Å². The molecule has 0 aliphatic heterocycles. The molecule has 1 atom stereocenters. The number of nitrogens with two attached hydrogens (primary N) is 1. The molecule has 17 heavy (non-hydrogen) atoms. The van der Waals surface area contributed by atoms with Crippen LogP contribution < -0.4 is 5.73 Å². The van der Waals surface area contributed by atoms with Gasteiger partial charge in [-0.05, 0) is 35.2 Å². The lowest BCUT2D eigenvalue weighted by atomic mass is 9.88. The van der Waals surface area contributed by atoms with Gasteiger partial charge in [0.25, 0.3) is 0 Å². The fourth-order valence-electron chi connectivity index (χ4n) is 1.81. The molecule has 0 spiro atoms. The van der Waals surface area contributed by atoms with E-state index >= 15 is 0 Å². The number of aryl methyl sites for hydroxylation is 1. The summed E-state index contributed by atoms with van der Waals surface area (Å²) in [5.74, 6) is 0.789. The molecule has 1 rings (SSSR count). The lowest BCUT2D eigenvalue weighted by Crippen LogP contribution is -2.24. The summed E-state index contributed by atoms with van der Waals surface area (Å²) in [5.41, 5.74) is 5.44. The Balaban J connectivity index is 2.79. The van der Waals surface area contributed by atoms with Crippen LogP contribution in [-0.2, 0) is 11.3 Å². The van der Waals surface area contributed by atoms with Gasteiger partial charge in [-0.25, -0.2) is 4.68 Å². The standard InChI is InChI=1S/C11H23N5O/c1-11(2,3)9(17-4)10-13-14-15-16(10)8-6-5-7-12/h9H,5-8,12H2,1-4H3. The van der Waals surface area contributed by atoms with Crippen molar-refractivity contribution in [2.75, 3.05) is 13.7 Å². The van der Waals surface area contributed by atoms with E-state index in [4.69, 9.17) is 10.5 Å². The summed E-state index contributed by atoms with van der Waals surface area (Å²) in [6, 6.07) is 0. The quantitative estimate of drug-likeness (QED) is 0.756. The summed E-state index contributed by atoms with van der Waals surface area (Å²) in [6.07, 6.45) is 1.86. The minimum Gasteiger partial charge on any atom is -0.373 e. The van der Waals surface area contributed by atoms with E-state index in [1.165, 1.54) is 0 Å². The van der Waals surface area contributed by atoms with E-state index in [-0.39, 0.29) is 11.5 Å². The molecule has 0 aliphatic rings. The zero-order valence-electron chi connectivity index (χ0n) is 11.2. The normalized spacial score (nSPS) is 13.9. The number of methoxy groups -OCH3 is 1. The number of nitrogens with zero attached hydrogens (tertiary/aromatic N) is 4. The van der Waals surface area contributed by atoms with Crippen LogP contribution in [0.3, 0.4) is 0 Å². The summed E-state index contributed by atoms with van der Waals surface area (Å²) in [4.78, 5) is 0. The number of ether oxygens (including phenoxy) is 1. The number of hydrogen-bond acceptors (Lipinski definition) is 5. The lowest BCUT2D eigenvalue weighted by Gasteiger charge is -2.28. The Morgan fingerprint density at radius 2 is 2.06 bits per heavy atom. The number of tetrazole rings is 1. The fourth-order valence-corrected chi connectivity index (χ4v) is 1.81. The monoisotopic (exact) mass is 241 g/mol. The van der Waals surface area contributed by atoms with Gasteiger partial charge in [0.15, 0.2) is 5.82 Å². The van der Waals surface area contributed by atoms with Gasteiger partial charge in [0.1, 0.15) is 6.10 Å². The molecule has 0 bridgehead atoms. The van der Waals surface area contributed by atoms with Gasteiger partial charge in [-0.15, -0.1) is 5.10 Å². The third-order valence-corrected chi connectivity index (χ3v) is 2.64. The van der Waals surface area contributed by atoms with Gasteiger partial charge in [-0.1, -0.05) is 20.8 Å². The zero-order valence-corrected chi connectivity index (χ0v) is 11.2. The maximum Gasteiger partial charge on any atom is 0.180 e. The lowest BCUT2D eigenvalue weighted by molar-refractivity contribution is 0.00518. The molecule has 1 aromatic rings. The maximum absolute atomic E-state index is 5.52. The van der Waals surface area contributed by atoms with Crippen molar-refractivity contribution in [1.82, 2.24) is 20.2 Å². The largest absolute Gasteiger partial charge is 0.373 e. The van der Waals surface area contributed by atoms with Crippen LogP contribution in [0, 0.1) is 5.41 Å². The molecule has 0 amide bonds. The first-order valence-electron chi connectivity index (χ1n) is 5.99. The first-order chi connectivity index (χ1) is 8.00. The van der Waals surface area contributed by atoms with Crippen LogP contribution in [0.5, 0.6) is 0 Å². The first kappa shape index (κ1) is 14.1. The summed E-state index contributed by atoms with van der Waals surface area (Å²) in [7, 11) is 1.69. The van der Waals surface area contributed by atoms with Crippen molar-refractivity contribution < 1.29 is 4.74 Å². The highest BCUT2D eigenvalue weighted by Crippen LogP contribution is 2.33. The molecule has 0 aliphatic carbocycles. The van der Waals surface area contributed by atoms with Crippen LogP contribution in [0.4, 0.5) is 0 Å². The summed E-state index contributed by atoms with van der Waals surface area (Å²) < 4.78 is 7.33. The number of unbranched alkanes of at least 4 members (excludes halogenated alkanes) is 1. The molecule has 98 valence electrons. The predicted molar refractivity (Wildman–Crippen MR) is 65.3 cm³/mol. The Morgan fingerprint density at radius 3 is 2.59 bits per heavy atom. The van der Waals surface area contributed by atoms with E-state index in [9.17, 15) is 0 Å². The highest BCUT2D eigenvalue weighted by molar-refractivity contribution is 4.94. The molecule has 1 unspecified atom stereocenters. The SMILES string of the molecule is COC(c1nnnn1CCCCN)C(C)(C)C. The molecule has 1 heterocycles. The first-order valence-corrected chi connectivity index (χ1v) is 5.99.